The largest absolute Gasteiger partial charge is 0.392 e. The van der Waals surface area contributed by atoms with Crippen LogP contribution in [-0.4, -0.2) is 32.7 Å². The molecule has 0 aromatic heterocycles. The lowest BCUT2D eigenvalue weighted by atomic mass is 9.78. The predicted octanol–water partition coefficient (Wildman–Crippen LogP) is 4.19. The molecule has 0 bridgehead atoms. The molecule has 4 atom stereocenters. The first kappa shape index (κ1) is 15.1. The van der Waals surface area contributed by atoms with Gasteiger partial charge in [-0.25, -0.2) is 0 Å². The lowest BCUT2D eigenvalue weighted by Gasteiger charge is -2.39. The van der Waals surface area contributed by atoms with Gasteiger partial charge in [0.1, 0.15) is 0 Å². The molecule has 1 saturated carbocycles. The van der Waals surface area contributed by atoms with E-state index in [0.717, 1.165) is 16.9 Å². The van der Waals surface area contributed by atoms with Crippen molar-refractivity contribution in [2.45, 2.75) is 74.7 Å². The highest BCUT2D eigenvalue weighted by Gasteiger charge is 2.35. The minimum atomic E-state index is -0.0599. The second-order valence-electron chi connectivity index (χ2n) is 6.10. The van der Waals surface area contributed by atoms with Gasteiger partial charge < -0.3 is 5.11 Å². The van der Waals surface area contributed by atoms with Crippen LogP contribution in [0.3, 0.4) is 0 Å². The predicted molar refractivity (Wildman–Crippen MR) is 84.5 cm³/mol. The average Bonchev–Trinajstić information content (AvgIpc) is 2.41. The van der Waals surface area contributed by atoms with E-state index in [4.69, 9.17) is 0 Å². The highest BCUT2D eigenvalue weighted by atomic mass is 32.2. The van der Waals surface area contributed by atoms with E-state index >= 15 is 0 Å². The number of thioether (sulfide) groups is 2. The Labute approximate surface area is 121 Å². The fourth-order valence-corrected chi connectivity index (χ4v) is 6.32. The van der Waals surface area contributed by atoms with Crippen LogP contribution in [0.15, 0.2) is 0 Å². The van der Waals surface area contributed by atoms with E-state index in [2.05, 4.69) is 32.5 Å². The number of hydrogen-bond donors (Lipinski definition) is 1. The first-order chi connectivity index (χ1) is 8.61. The smallest absolute Gasteiger partial charge is 0.0695 e. The Morgan fingerprint density at radius 2 is 1.78 bits per heavy atom. The molecule has 0 aromatic rings. The molecule has 1 aliphatic heterocycles. The molecule has 0 radical (unpaired) electrons. The van der Waals surface area contributed by atoms with Crippen LogP contribution >= 0.6 is 23.5 Å². The first-order valence-electron chi connectivity index (χ1n) is 7.57. The van der Waals surface area contributed by atoms with E-state index in [1.165, 1.54) is 32.1 Å². The van der Waals surface area contributed by atoms with Crippen molar-refractivity contribution >= 4 is 23.5 Å². The van der Waals surface area contributed by atoms with Crippen molar-refractivity contribution in [3.05, 3.63) is 0 Å². The van der Waals surface area contributed by atoms with Crippen molar-refractivity contribution < 1.29 is 5.11 Å². The number of aliphatic hydroxyl groups excluding tert-OH is 1. The normalized spacial score (nSPS) is 43.7. The van der Waals surface area contributed by atoms with Crippen molar-refractivity contribution in [3.8, 4) is 0 Å². The third-order valence-corrected chi connectivity index (χ3v) is 8.41. The van der Waals surface area contributed by atoms with E-state index in [9.17, 15) is 5.11 Å². The summed E-state index contributed by atoms with van der Waals surface area (Å²) >= 11 is 4.08. The Kier molecular flexibility index (Phi) is 5.77. The summed E-state index contributed by atoms with van der Waals surface area (Å²) in [5, 5.41) is 12.5. The van der Waals surface area contributed by atoms with Gasteiger partial charge in [0.25, 0.3) is 0 Å². The quantitative estimate of drug-likeness (QED) is 0.841. The Morgan fingerprint density at radius 1 is 1.11 bits per heavy atom. The molecule has 4 unspecified atom stereocenters. The Balaban J connectivity index is 1.82. The molecule has 106 valence electrons. The Hall–Kier alpha value is 0.660. The fourth-order valence-electron chi connectivity index (χ4n) is 3.23. The van der Waals surface area contributed by atoms with Gasteiger partial charge >= 0.3 is 0 Å². The van der Waals surface area contributed by atoms with Gasteiger partial charge in [0.05, 0.1) is 6.10 Å². The monoisotopic (exact) mass is 288 g/mol. The molecule has 1 saturated heterocycles. The average molecular weight is 289 g/mol. The molecular weight excluding hydrogens is 260 g/mol. The van der Waals surface area contributed by atoms with E-state index in [1.54, 1.807) is 0 Å². The van der Waals surface area contributed by atoms with Crippen LogP contribution in [0.25, 0.3) is 0 Å². The molecule has 1 heterocycles. The molecular formula is C15H28OS2. The maximum absolute atomic E-state index is 10.6. The van der Waals surface area contributed by atoms with Crippen LogP contribution in [-0.2, 0) is 0 Å². The maximum atomic E-state index is 10.6. The van der Waals surface area contributed by atoms with Crippen molar-refractivity contribution in [1.29, 1.82) is 0 Å². The van der Waals surface area contributed by atoms with Crippen LogP contribution in [0.5, 0.6) is 0 Å². The highest BCUT2D eigenvalue weighted by molar-refractivity contribution is 8.07. The van der Waals surface area contributed by atoms with Crippen LogP contribution in [0.2, 0.25) is 0 Å². The Morgan fingerprint density at radius 3 is 2.33 bits per heavy atom. The van der Waals surface area contributed by atoms with Crippen LogP contribution in [0.1, 0.15) is 52.9 Å². The summed E-state index contributed by atoms with van der Waals surface area (Å²) < 4.78 is 0. The van der Waals surface area contributed by atoms with E-state index in [-0.39, 0.29) is 6.10 Å². The van der Waals surface area contributed by atoms with Crippen molar-refractivity contribution in [2.75, 3.05) is 5.75 Å². The number of aliphatic hydroxyl groups is 1. The summed E-state index contributed by atoms with van der Waals surface area (Å²) in [5.74, 6) is 2.65. The number of rotatable bonds is 3. The fraction of sp³-hybridized carbons (Fsp3) is 1.00. The molecule has 3 heteroatoms. The summed E-state index contributed by atoms with van der Waals surface area (Å²) in [6.45, 7) is 6.94. The van der Waals surface area contributed by atoms with E-state index in [0.29, 0.717) is 16.4 Å². The van der Waals surface area contributed by atoms with Gasteiger partial charge in [-0.1, -0.05) is 40.0 Å². The second-order valence-corrected chi connectivity index (χ2v) is 9.13. The standard InChI is InChI=1S/C15H28OS2/c1-4-12-5-7-13(8-6-12)15(16)14-9-17-10(2)11(3)18-14/h10-16H,4-9H2,1-3H3. The SMILES string of the molecule is CCC1CCC(C(O)C2CSC(C)C(C)S2)CC1. The minimum Gasteiger partial charge on any atom is -0.392 e. The highest BCUT2D eigenvalue weighted by Crippen LogP contribution is 2.41. The van der Waals surface area contributed by atoms with Crippen molar-refractivity contribution in [1.82, 2.24) is 0 Å². The van der Waals surface area contributed by atoms with E-state index in [1.807, 2.05) is 11.8 Å². The Bertz CT molecular complexity index is 251. The molecule has 2 rings (SSSR count). The van der Waals surface area contributed by atoms with E-state index < -0.39 is 0 Å². The third-order valence-electron chi connectivity index (χ3n) is 4.91. The summed E-state index contributed by atoms with van der Waals surface area (Å²) in [4.78, 5) is 0. The lowest BCUT2D eigenvalue weighted by Crippen LogP contribution is -2.40. The number of hydrogen-bond acceptors (Lipinski definition) is 3. The molecule has 18 heavy (non-hydrogen) atoms. The van der Waals surface area contributed by atoms with Gasteiger partial charge in [-0.2, -0.15) is 23.5 Å². The molecule has 2 fully saturated rings. The zero-order valence-corrected chi connectivity index (χ0v) is 13.6. The van der Waals surface area contributed by atoms with Crippen LogP contribution in [0, 0.1) is 11.8 Å². The summed E-state index contributed by atoms with van der Waals surface area (Å²) in [6, 6.07) is 0. The zero-order valence-electron chi connectivity index (χ0n) is 12.0. The molecule has 0 spiro atoms. The van der Waals surface area contributed by atoms with Crippen molar-refractivity contribution in [3.63, 3.8) is 0 Å². The van der Waals surface area contributed by atoms with Gasteiger partial charge in [-0.3, -0.25) is 0 Å². The van der Waals surface area contributed by atoms with Gasteiger partial charge in [-0.15, -0.1) is 0 Å². The molecule has 0 aromatic carbocycles. The third kappa shape index (κ3) is 3.61. The van der Waals surface area contributed by atoms with Gasteiger partial charge in [-0.05, 0) is 24.7 Å². The summed E-state index contributed by atoms with van der Waals surface area (Å²) in [7, 11) is 0. The first-order valence-corrected chi connectivity index (χ1v) is 9.56. The molecule has 1 aliphatic carbocycles. The zero-order chi connectivity index (χ0) is 13.1. The van der Waals surface area contributed by atoms with Gasteiger partial charge in [0.15, 0.2) is 0 Å². The lowest BCUT2D eigenvalue weighted by molar-refractivity contribution is 0.0751. The van der Waals surface area contributed by atoms with Gasteiger partial charge in [0.2, 0.25) is 0 Å². The molecule has 0 amide bonds. The molecule has 1 N–H and O–H groups in total. The van der Waals surface area contributed by atoms with Gasteiger partial charge in [0, 0.05) is 21.5 Å². The van der Waals surface area contributed by atoms with Crippen LogP contribution < -0.4 is 0 Å². The minimum absolute atomic E-state index is 0.0599. The maximum Gasteiger partial charge on any atom is 0.0695 e. The molecule has 2 aliphatic rings. The summed E-state index contributed by atoms with van der Waals surface area (Å²) in [6.07, 6.45) is 6.46. The summed E-state index contributed by atoms with van der Waals surface area (Å²) in [5.41, 5.74) is 0. The molecule has 1 nitrogen and oxygen atoms in total. The second kappa shape index (κ2) is 6.90. The topological polar surface area (TPSA) is 20.2 Å². The van der Waals surface area contributed by atoms with Crippen LogP contribution in [0.4, 0.5) is 0 Å². The van der Waals surface area contributed by atoms with Crippen molar-refractivity contribution in [2.24, 2.45) is 11.8 Å².